The Hall–Kier alpha value is -0.870. The third-order valence-corrected chi connectivity index (χ3v) is 13.6. The molecule has 0 radical (unpaired) electrons. The number of hydrogen-bond acceptors (Lipinski definition) is 3. The van der Waals surface area contributed by atoms with Crippen molar-refractivity contribution in [3.63, 3.8) is 0 Å². The summed E-state index contributed by atoms with van der Waals surface area (Å²) < 4.78 is 0. The standard InChI is InChI=1S/C30H49NO3/c1-24(2)21-9-8-20-19(27(21,5)12-11-22(24)32)10-13-29(7)28(20,6)17-16-26(4)15-14-25(3,23(33)34)18-30(26,29)31/h21-22,32H,8-18,31H2,1-7H3,(H,33,34)/t21-,22-,25+,26+,27+,28+,29+,30-/m0/s1. The quantitative estimate of drug-likeness (QED) is 0.383. The summed E-state index contributed by atoms with van der Waals surface area (Å²) in [5.41, 5.74) is 9.74. The van der Waals surface area contributed by atoms with Crippen LogP contribution in [-0.2, 0) is 4.79 Å². The Kier molecular flexibility index (Phi) is 5.04. The van der Waals surface area contributed by atoms with E-state index in [0.29, 0.717) is 12.3 Å². The zero-order valence-electron chi connectivity index (χ0n) is 22.8. The van der Waals surface area contributed by atoms with Crippen LogP contribution in [0.2, 0.25) is 0 Å². The molecule has 34 heavy (non-hydrogen) atoms. The average Bonchev–Trinajstić information content (AvgIpc) is 2.75. The van der Waals surface area contributed by atoms with E-state index in [2.05, 4.69) is 41.5 Å². The van der Waals surface area contributed by atoms with Gasteiger partial charge in [0, 0.05) is 5.54 Å². The van der Waals surface area contributed by atoms with Crippen LogP contribution < -0.4 is 5.73 Å². The number of aliphatic hydroxyl groups excluding tert-OH is 1. The predicted molar refractivity (Wildman–Crippen MR) is 136 cm³/mol. The van der Waals surface area contributed by atoms with Gasteiger partial charge in [-0.05, 0) is 111 Å². The molecule has 0 aromatic heterocycles. The first-order chi connectivity index (χ1) is 15.5. The first kappa shape index (κ1) is 24.8. The Bertz CT molecular complexity index is 955. The SMILES string of the molecule is CC1(C)[C@@H](O)CC[C@]2(C)C3=C(CC[C@@H]12)[C@@]1(C)CC[C@@]2(C)CC[C@@](C)(C(=O)O)C[C@@]2(N)[C@]1(C)CC3. The largest absolute Gasteiger partial charge is 0.481 e. The molecule has 192 valence electrons. The van der Waals surface area contributed by atoms with Crippen molar-refractivity contribution >= 4 is 5.97 Å². The Morgan fingerprint density at radius 1 is 0.853 bits per heavy atom. The molecular formula is C30H49NO3. The maximum Gasteiger partial charge on any atom is 0.309 e. The summed E-state index contributed by atoms with van der Waals surface area (Å²) in [4.78, 5) is 12.4. The van der Waals surface area contributed by atoms with Crippen molar-refractivity contribution in [3.8, 4) is 0 Å². The summed E-state index contributed by atoms with van der Waals surface area (Å²) >= 11 is 0. The van der Waals surface area contributed by atoms with Crippen LogP contribution in [0.4, 0.5) is 0 Å². The van der Waals surface area contributed by atoms with Gasteiger partial charge in [-0.15, -0.1) is 0 Å². The van der Waals surface area contributed by atoms with Gasteiger partial charge in [0.2, 0.25) is 0 Å². The van der Waals surface area contributed by atoms with E-state index < -0.39 is 16.9 Å². The fourth-order valence-corrected chi connectivity index (χ4v) is 10.7. The minimum Gasteiger partial charge on any atom is -0.481 e. The molecule has 5 rings (SSSR count). The van der Waals surface area contributed by atoms with Crippen LogP contribution in [0.25, 0.3) is 0 Å². The minimum absolute atomic E-state index is 0.00761. The Balaban J connectivity index is 1.63. The van der Waals surface area contributed by atoms with Crippen molar-refractivity contribution in [2.45, 2.75) is 131 Å². The molecule has 3 saturated carbocycles. The third kappa shape index (κ3) is 2.66. The van der Waals surface area contributed by atoms with Crippen LogP contribution in [0.1, 0.15) is 119 Å². The van der Waals surface area contributed by atoms with Crippen LogP contribution in [0.15, 0.2) is 11.1 Å². The van der Waals surface area contributed by atoms with Gasteiger partial charge in [-0.1, -0.05) is 52.7 Å². The van der Waals surface area contributed by atoms with Crippen molar-refractivity contribution in [1.29, 1.82) is 0 Å². The topological polar surface area (TPSA) is 83.5 Å². The Morgan fingerprint density at radius 2 is 1.50 bits per heavy atom. The average molecular weight is 472 g/mol. The molecule has 0 heterocycles. The van der Waals surface area contributed by atoms with Crippen molar-refractivity contribution in [3.05, 3.63) is 11.1 Å². The van der Waals surface area contributed by atoms with Crippen LogP contribution in [0, 0.1) is 38.4 Å². The molecule has 4 heteroatoms. The Morgan fingerprint density at radius 3 is 2.15 bits per heavy atom. The molecule has 0 spiro atoms. The summed E-state index contributed by atoms with van der Waals surface area (Å²) in [7, 11) is 0. The smallest absolute Gasteiger partial charge is 0.309 e. The lowest BCUT2D eigenvalue weighted by Crippen LogP contribution is -2.75. The summed E-state index contributed by atoms with van der Waals surface area (Å²) in [5.74, 6) is -0.164. The molecule has 0 aliphatic heterocycles. The number of carboxylic acid groups (broad SMARTS) is 1. The number of hydrogen-bond donors (Lipinski definition) is 3. The van der Waals surface area contributed by atoms with Gasteiger partial charge < -0.3 is 15.9 Å². The molecule has 4 nitrogen and oxygen atoms in total. The van der Waals surface area contributed by atoms with Gasteiger partial charge in [0.1, 0.15) is 0 Å². The second-order valence-electron chi connectivity index (χ2n) is 15.1. The zero-order chi connectivity index (χ0) is 25.2. The van der Waals surface area contributed by atoms with Gasteiger partial charge in [-0.3, -0.25) is 4.79 Å². The van der Waals surface area contributed by atoms with E-state index in [4.69, 9.17) is 5.73 Å². The first-order valence-electron chi connectivity index (χ1n) is 13.9. The van der Waals surface area contributed by atoms with Gasteiger partial charge in [0.05, 0.1) is 11.5 Å². The fraction of sp³-hybridized carbons (Fsp3) is 0.900. The first-order valence-corrected chi connectivity index (χ1v) is 13.9. The second kappa shape index (κ2) is 6.91. The van der Waals surface area contributed by atoms with E-state index in [9.17, 15) is 15.0 Å². The number of aliphatic hydroxyl groups is 1. The van der Waals surface area contributed by atoms with Gasteiger partial charge in [0.25, 0.3) is 0 Å². The summed E-state index contributed by atoms with van der Waals surface area (Å²) in [6, 6.07) is 0. The van der Waals surface area contributed by atoms with E-state index in [1.54, 1.807) is 11.1 Å². The molecule has 0 unspecified atom stereocenters. The molecule has 5 aliphatic rings. The van der Waals surface area contributed by atoms with E-state index in [1.165, 1.54) is 0 Å². The lowest BCUT2D eigenvalue weighted by molar-refractivity contribution is -0.185. The van der Waals surface area contributed by atoms with E-state index in [1.807, 2.05) is 6.92 Å². The molecule has 5 aliphatic carbocycles. The van der Waals surface area contributed by atoms with Crippen molar-refractivity contribution in [1.82, 2.24) is 0 Å². The predicted octanol–water partition coefficient (Wildman–Crippen LogP) is 6.46. The molecule has 0 amide bonds. The zero-order valence-corrected chi connectivity index (χ0v) is 22.8. The second-order valence-corrected chi connectivity index (χ2v) is 15.1. The van der Waals surface area contributed by atoms with E-state index in [0.717, 1.165) is 64.2 Å². The number of allylic oxidation sites excluding steroid dienone is 2. The number of fused-ring (bicyclic) bond motifs is 6. The lowest BCUT2D eigenvalue weighted by atomic mass is 9.33. The van der Waals surface area contributed by atoms with Crippen molar-refractivity contribution in [2.24, 2.45) is 44.1 Å². The molecular weight excluding hydrogens is 422 g/mol. The highest BCUT2D eigenvalue weighted by Crippen LogP contribution is 2.75. The van der Waals surface area contributed by atoms with Crippen LogP contribution in [0.5, 0.6) is 0 Å². The molecule has 0 saturated heterocycles. The molecule has 3 fully saturated rings. The fourth-order valence-electron chi connectivity index (χ4n) is 10.7. The number of aliphatic carboxylic acids is 1. The summed E-state index contributed by atoms with van der Waals surface area (Å²) in [5, 5.41) is 21.0. The highest BCUT2D eigenvalue weighted by molar-refractivity contribution is 5.74. The van der Waals surface area contributed by atoms with E-state index >= 15 is 0 Å². The van der Waals surface area contributed by atoms with Gasteiger partial charge >= 0.3 is 5.97 Å². The molecule has 8 atom stereocenters. The van der Waals surface area contributed by atoms with Gasteiger partial charge in [-0.25, -0.2) is 0 Å². The minimum atomic E-state index is -0.739. The van der Waals surface area contributed by atoms with E-state index in [-0.39, 0.29) is 33.2 Å². The number of nitrogens with two attached hydrogens (primary N) is 1. The molecule has 0 aromatic rings. The highest BCUT2D eigenvalue weighted by atomic mass is 16.4. The highest BCUT2D eigenvalue weighted by Gasteiger charge is 2.72. The molecule has 0 bridgehead atoms. The van der Waals surface area contributed by atoms with Crippen molar-refractivity contribution in [2.75, 3.05) is 0 Å². The number of carboxylic acids is 1. The summed E-state index contributed by atoms with van der Waals surface area (Å²) in [6.45, 7) is 16.3. The maximum absolute atomic E-state index is 12.4. The molecule has 0 aromatic carbocycles. The van der Waals surface area contributed by atoms with Crippen molar-refractivity contribution < 1.29 is 15.0 Å². The maximum atomic E-state index is 12.4. The monoisotopic (exact) mass is 471 g/mol. The Labute approximate surface area is 207 Å². The number of carbonyl (C=O) groups is 1. The van der Waals surface area contributed by atoms with Crippen LogP contribution in [0.3, 0.4) is 0 Å². The third-order valence-electron chi connectivity index (χ3n) is 13.6. The number of rotatable bonds is 1. The van der Waals surface area contributed by atoms with Gasteiger partial charge in [0.15, 0.2) is 0 Å². The summed E-state index contributed by atoms with van der Waals surface area (Å²) in [6.07, 6.45) is 10.6. The van der Waals surface area contributed by atoms with Crippen LogP contribution >= 0.6 is 0 Å². The van der Waals surface area contributed by atoms with Gasteiger partial charge in [-0.2, -0.15) is 0 Å². The van der Waals surface area contributed by atoms with Crippen LogP contribution in [-0.4, -0.2) is 27.8 Å². The molecule has 4 N–H and O–H groups in total. The normalized spacial score (nSPS) is 54.4. The lowest BCUT2D eigenvalue weighted by Gasteiger charge is -2.73.